The fourth-order valence-corrected chi connectivity index (χ4v) is 4.51. The number of rotatable bonds is 4. The second-order valence-electron chi connectivity index (χ2n) is 8.82. The van der Waals surface area contributed by atoms with Crippen LogP contribution in [0.1, 0.15) is 34.9 Å². The molecule has 0 unspecified atom stereocenters. The number of benzene rings is 2. The number of amides is 1. The van der Waals surface area contributed by atoms with Crippen LogP contribution in [0.3, 0.4) is 0 Å². The molecule has 0 bridgehead atoms. The highest BCUT2D eigenvalue weighted by Gasteiger charge is 2.25. The first kappa shape index (κ1) is 20.5. The number of imidazole rings is 1. The lowest BCUT2D eigenvalue weighted by molar-refractivity contribution is -0.116. The van der Waals surface area contributed by atoms with Crippen molar-refractivity contribution in [1.29, 1.82) is 0 Å². The lowest BCUT2D eigenvalue weighted by Gasteiger charge is -2.25. The molecular formula is C27H24N4O3. The number of hydrogen-bond acceptors (Lipinski definition) is 5. The Hall–Kier alpha value is -4.13. The van der Waals surface area contributed by atoms with E-state index in [1.165, 1.54) is 5.56 Å². The van der Waals surface area contributed by atoms with Gasteiger partial charge in [-0.1, -0.05) is 29.8 Å². The summed E-state index contributed by atoms with van der Waals surface area (Å²) in [5, 5.41) is 2.82. The SMILES string of the molecule is Cc1ccc(-c2cnc([C@H]3COc4ccc(Oc5ccnc6c5CCC(=O)N6)cc4C3)[nH]2)cc1. The van der Waals surface area contributed by atoms with Gasteiger partial charge in [-0.15, -0.1) is 0 Å². The fraction of sp³-hybridized carbons (Fsp3) is 0.222. The molecule has 0 fully saturated rings. The Morgan fingerprint density at radius 2 is 1.94 bits per heavy atom. The van der Waals surface area contributed by atoms with Crippen molar-refractivity contribution in [3.63, 3.8) is 0 Å². The fourth-order valence-electron chi connectivity index (χ4n) is 4.51. The van der Waals surface area contributed by atoms with E-state index in [9.17, 15) is 4.79 Å². The van der Waals surface area contributed by atoms with Crippen molar-refractivity contribution in [1.82, 2.24) is 15.0 Å². The maximum atomic E-state index is 11.7. The summed E-state index contributed by atoms with van der Waals surface area (Å²) in [6, 6.07) is 16.1. The Morgan fingerprint density at radius 3 is 2.82 bits per heavy atom. The van der Waals surface area contributed by atoms with Crippen LogP contribution in [-0.2, 0) is 17.6 Å². The molecule has 7 heteroatoms. The van der Waals surface area contributed by atoms with E-state index in [-0.39, 0.29) is 11.8 Å². The van der Waals surface area contributed by atoms with Gasteiger partial charge in [-0.2, -0.15) is 0 Å². The minimum atomic E-state index is -0.0161. The van der Waals surface area contributed by atoms with Crippen molar-refractivity contribution in [2.24, 2.45) is 0 Å². The van der Waals surface area contributed by atoms with Crippen LogP contribution in [-0.4, -0.2) is 27.5 Å². The number of nitrogens with zero attached hydrogens (tertiary/aromatic N) is 2. The number of nitrogens with one attached hydrogen (secondary N) is 2. The lowest BCUT2D eigenvalue weighted by Crippen LogP contribution is -2.20. The van der Waals surface area contributed by atoms with E-state index in [0.29, 0.717) is 31.0 Å². The van der Waals surface area contributed by atoms with Gasteiger partial charge in [0.05, 0.1) is 24.4 Å². The topological polar surface area (TPSA) is 89.1 Å². The van der Waals surface area contributed by atoms with E-state index in [1.807, 2.05) is 30.5 Å². The van der Waals surface area contributed by atoms with Crippen molar-refractivity contribution >= 4 is 11.7 Å². The Labute approximate surface area is 197 Å². The van der Waals surface area contributed by atoms with Gasteiger partial charge in [0.1, 0.15) is 28.9 Å². The highest BCUT2D eigenvalue weighted by molar-refractivity contribution is 5.93. The monoisotopic (exact) mass is 452 g/mol. The molecule has 1 atom stereocenters. The number of anilines is 1. The van der Waals surface area contributed by atoms with Gasteiger partial charge in [0.2, 0.25) is 5.91 Å². The third kappa shape index (κ3) is 3.90. The molecule has 0 aliphatic carbocycles. The number of aryl methyl sites for hydroxylation is 1. The summed E-state index contributed by atoms with van der Waals surface area (Å²) in [6.45, 7) is 2.66. The Morgan fingerprint density at radius 1 is 1.06 bits per heavy atom. The number of fused-ring (bicyclic) bond motifs is 2. The Balaban J connectivity index is 1.22. The molecule has 6 rings (SSSR count). The number of pyridine rings is 1. The number of hydrogen-bond donors (Lipinski definition) is 2. The van der Waals surface area contributed by atoms with Crippen LogP contribution in [0, 0.1) is 6.92 Å². The molecule has 2 aliphatic heterocycles. The minimum absolute atomic E-state index is 0.0161. The van der Waals surface area contributed by atoms with Crippen molar-refractivity contribution in [2.45, 2.75) is 32.1 Å². The molecule has 4 aromatic rings. The molecule has 2 N–H and O–H groups in total. The minimum Gasteiger partial charge on any atom is -0.493 e. The lowest BCUT2D eigenvalue weighted by atomic mass is 9.96. The Kier molecular flexibility index (Phi) is 5.02. The molecule has 2 aromatic heterocycles. The summed E-state index contributed by atoms with van der Waals surface area (Å²) in [5.41, 5.74) is 5.36. The first-order valence-corrected chi connectivity index (χ1v) is 11.5. The maximum absolute atomic E-state index is 11.7. The molecule has 1 amide bonds. The third-order valence-corrected chi connectivity index (χ3v) is 6.38. The van der Waals surface area contributed by atoms with Gasteiger partial charge in [-0.3, -0.25) is 4.79 Å². The quantitative estimate of drug-likeness (QED) is 0.446. The van der Waals surface area contributed by atoms with Crippen molar-refractivity contribution in [2.75, 3.05) is 11.9 Å². The average Bonchev–Trinajstić information content (AvgIpc) is 3.34. The summed E-state index contributed by atoms with van der Waals surface area (Å²) >= 11 is 0. The Bertz CT molecular complexity index is 1380. The summed E-state index contributed by atoms with van der Waals surface area (Å²) in [7, 11) is 0. The molecule has 2 aromatic carbocycles. The standard InChI is InChI=1S/C27H24N4O3/c1-16-2-4-17(5-3-16)22-14-29-26(30-22)19-12-18-13-20(6-8-23(18)33-15-19)34-24-10-11-28-27-21(24)7-9-25(32)31-27/h2-6,8,10-11,13-14,19H,7,9,12,15H2,1H3,(H,29,30)(H,28,31,32)/t19-/m1/s1. The van der Waals surface area contributed by atoms with Gasteiger partial charge >= 0.3 is 0 Å². The number of carbonyl (C=O) groups is 1. The van der Waals surface area contributed by atoms with Crippen LogP contribution in [0.2, 0.25) is 0 Å². The van der Waals surface area contributed by atoms with Gasteiger partial charge in [0.15, 0.2) is 0 Å². The van der Waals surface area contributed by atoms with Crippen LogP contribution in [0.25, 0.3) is 11.3 Å². The number of carbonyl (C=O) groups excluding carboxylic acids is 1. The zero-order valence-corrected chi connectivity index (χ0v) is 18.8. The molecule has 4 heterocycles. The number of aromatic amines is 1. The van der Waals surface area contributed by atoms with Gasteiger partial charge in [-0.25, -0.2) is 9.97 Å². The largest absolute Gasteiger partial charge is 0.493 e. The van der Waals surface area contributed by atoms with Crippen molar-refractivity contribution in [3.05, 3.63) is 83.4 Å². The maximum Gasteiger partial charge on any atom is 0.225 e. The van der Waals surface area contributed by atoms with E-state index in [1.54, 1.807) is 6.20 Å². The average molecular weight is 453 g/mol. The van der Waals surface area contributed by atoms with E-state index in [2.05, 4.69) is 51.5 Å². The first-order valence-electron chi connectivity index (χ1n) is 11.5. The van der Waals surface area contributed by atoms with E-state index >= 15 is 0 Å². The first-order chi connectivity index (χ1) is 16.6. The molecule has 0 saturated heterocycles. The highest BCUT2D eigenvalue weighted by atomic mass is 16.5. The normalized spacial score (nSPS) is 16.7. The van der Waals surface area contributed by atoms with Gasteiger partial charge in [-0.05, 0) is 55.2 Å². The number of aromatic nitrogens is 3. The van der Waals surface area contributed by atoms with Crippen LogP contribution in [0.15, 0.2) is 60.9 Å². The van der Waals surface area contributed by atoms with Crippen LogP contribution >= 0.6 is 0 Å². The summed E-state index contributed by atoms with van der Waals surface area (Å²) in [6.07, 6.45) is 5.39. The second kappa shape index (κ2) is 8.33. The van der Waals surface area contributed by atoms with E-state index in [4.69, 9.17) is 9.47 Å². The summed E-state index contributed by atoms with van der Waals surface area (Å²) < 4.78 is 12.3. The smallest absolute Gasteiger partial charge is 0.225 e. The number of ether oxygens (including phenoxy) is 2. The number of H-pyrrole nitrogens is 1. The van der Waals surface area contributed by atoms with Crippen LogP contribution in [0.4, 0.5) is 5.82 Å². The highest BCUT2D eigenvalue weighted by Crippen LogP contribution is 2.37. The molecule has 0 spiro atoms. The van der Waals surface area contributed by atoms with Crippen LogP contribution in [0.5, 0.6) is 17.2 Å². The van der Waals surface area contributed by atoms with Gasteiger partial charge in [0.25, 0.3) is 0 Å². The van der Waals surface area contributed by atoms with E-state index in [0.717, 1.165) is 46.1 Å². The molecule has 7 nitrogen and oxygen atoms in total. The van der Waals surface area contributed by atoms with Crippen molar-refractivity contribution in [3.8, 4) is 28.5 Å². The predicted octanol–water partition coefficient (Wildman–Crippen LogP) is 5.18. The summed E-state index contributed by atoms with van der Waals surface area (Å²) in [4.78, 5) is 24.1. The molecule has 0 radical (unpaired) electrons. The zero-order valence-electron chi connectivity index (χ0n) is 18.8. The van der Waals surface area contributed by atoms with Gasteiger partial charge in [0, 0.05) is 18.2 Å². The van der Waals surface area contributed by atoms with Crippen molar-refractivity contribution < 1.29 is 14.3 Å². The molecule has 170 valence electrons. The molecule has 2 aliphatic rings. The van der Waals surface area contributed by atoms with E-state index < -0.39 is 0 Å². The molecule has 34 heavy (non-hydrogen) atoms. The summed E-state index contributed by atoms with van der Waals surface area (Å²) in [5.74, 6) is 3.94. The third-order valence-electron chi connectivity index (χ3n) is 6.38. The van der Waals surface area contributed by atoms with Gasteiger partial charge < -0.3 is 19.8 Å². The van der Waals surface area contributed by atoms with Crippen LogP contribution < -0.4 is 14.8 Å². The second-order valence-corrected chi connectivity index (χ2v) is 8.82. The molecule has 0 saturated carbocycles. The zero-order chi connectivity index (χ0) is 23.1. The predicted molar refractivity (Wildman–Crippen MR) is 128 cm³/mol. The molecular weight excluding hydrogens is 428 g/mol.